The van der Waals surface area contributed by atoms with Crippen LogP contribution in [0.15, 0.2) is 23.1 Å². The molecule has 98 valence electrons. The maximum atomic E-state index is 12.3. The maximum Gasteiger partial charge on any atom is 0.251 e. The number of amides is 1. The van der Waals surface area contributed by atoms with Crippen LogP contribution in [0.4, 0.5) is 0 Å². The molecule has 0 spiro atoms. The van der Waals surface area contributed by atoms with Gasteiger partial charge in [0.25, 0.3) is 5.91 Å². The molecule has 1 aliphatic heterocycles. The normalized spacial score (nSPS) is 19.6. The van der Waals surface area contributed by atoms with Crippen molar-refractivity contribution in [2.75, 3.05) is 19.3 Å². The van der Waals surface area contributed by atoms with E-state index in [2.05, 4.69) is 16.7 Å². The predicted octanol–water partition coefficient (Wildman–Crippen LogP) is 2.20. The van der Waals surface area contributed by atoms with Crippen LogP contribution in [0.3, 0.4) is 0 Å². The molecule has 3 nitrogen and oxygen atoms in total. The number of carbonyl (C=O) groups is 1. The Morgan fingerprint density at radius 3 is 3.00 bits per heavy atom. The van der Waals surface area contributed by atoms with E-state index < -0.39 is 0 Å². The van der Waals surface area contributed by atoms with Crippen LogP contribution < -0.4 is 10.6 Å². The van der Waals surface area contributed by atoms with Crippen LogP contribution in [0.5, 0.6) is 0 Å². The van der Waals surface area contributed by atoms with Gasteiger partial charge in [0, 0.05) is 23.0 Å². The third-order valence-corrected chi connectivity index (χ3v) is 4.05. The van der Waals surface area contributed by atoms with E-state index in [1.165, 1.54) is 0 Å². The first-order valence-corrected chi connectivity index (χ1v) is 7.59. The van der Waals surface area contributed by atoms with Gasteiger partial charge in [0.2, 0.25) is 0 Å². The summed E-state index contributed by atoms with van der Waals surface area (Å²) in [7, 11) is 0. The van der Waals surface area contributed by atoms with Crippen LogP contribution in [-0.4, -0.2) is 31.3 Å². The highest BCUT2D eigenvalue weighted by atomic mass is 32.2. The van der Waals surface area contributed by atoms with Crippen molar-refractivity contribution >= 4 is 17.7 Å². The monoisotopic (exact) mass is 264 g/mol. The van der Waals surface area contributed by atoms with Crippen molar-refractivity contribution in [3.05, 3.63) is 29.3 Å². The number of rotatable bonds is 3. The molecule has 1 saturated heterocycles. The molecule has 1 aromatic rings. The number of aryl methyl sites for hydroxylation is 1. The fraction of sp³-hybridized carbons (Fsp3) is 0.500. The number of hydrogen-bond donors (Lipinski definition) is 2. The van der Waals surface area contributed by atoms with E-state index in [4.69, 9.17) is 0 Å². The minimum atomic E-state index is 0.0529. The summed E-state index contributed by atoms with van der Waals surface area (Å²) in [5.41, 5.74) is 1.83. The van der Waals surface area contributed by atoms with Gasteiger partial charge in [0.15, 0.2) is 0 Å². The Labute approximate surface area is 113 Å². The fourth-order valence-electron chi connectivity index (χ4n) is 2.21. The number of nitrogens with one attached hydrogen (secondary N) is 2. The van der Waals surface area contributed by atoms with Crippen LogP contribution in [0.1, 0.15) is 28.8 Å². The van der Waals surface area contributed by atoms with Crippen LogP contribution >= 0.6 is 11.8 Å². The Hall–Kier alpha value is -1.00. The molecule has 1 unspecified atom stereocenters. The molecule has 1 heterocycles. The Balaban J connectivity index is 2.07. The summed E-state index contributed by atoms with van der Waals surface area (Å²) in [4.78, 5) is 13.4. The minimum Gasteiger partial charge on any atom is -0.348 e. The van der Waals surface area contributed by atoms with E-state index in [9.17, 15) is 4.79 Å². The summed E-state index contributed by atoms with van der Waals surface area (Å²) in [6, 6.07) is 6.31. The standard InChI is InChI=1S/C14H20N2OS/c1-10-5-6-12(18-2)8-13(10)14(17)16-11-4-3-7-15-9-11/h5-6,8,11,15H,3-4,7,9H2,1-2H3,(H,16,17). The van der Waals surface area contributed by atoms with E-state index in [-0.39, 0.29) is 11.9 Å². The number of piperidine rings is 1. The second-order valence-corrected chi connectivity index (χ2v) is 5.58. The average molecular weight is 264 g/mol. The number of thioether (sulfide) groups is 1. The Morgan fingerprint density at radius 2 is 2.33 bits per heavy atom. The fourth-order valence-corrected chi connectivity index (χ4v) is 2.65. The lowest BCUT2D eigenvalue weighted by molar-refractivity contribution is 0.0930. The summed E-state index contributed by atoms with van der Waals surface area (Å²) in [6.45, 7) is 3.93. The molecule has 1 atom stereocenters. The van der Waals surface area contributed by atoms with E-state index in [1.54, 1.807) is 11.8 Å². The lowest BCUT2D eigenvalue weighted by Gasteiger charge is -2.24. The Bertz CT molecular complexity index is 428. The first-order valence-electron chi connectivity index (χ1n) is 6.37. The Morgan fingerprint density at radius 1 is 1.50 bits per heavy atom. The highest BCUT2D eigenvalue weighted by Crippen LogP contribution is 2.19. The number of benzene rings is 1. The summed E-state index contributed by atoms with van der Waals surface area (Å²) >= 11 is 1.66. The summed E-state index contributed by atoms with van der Waals surface area (Å²) < 4.78 is 0. The topological polar surface area (TPSA) is 41.1 Å². The molecule has 4 heteroatoms. The van der Waals surface area contributed by atoms with Crippen LogP contribution in [0.2, 0.25) is 0 Å². The molecule has 1 aromatic carbocycles. The van der Waals surface area contributed by atoms with Gasteiger partial charge in [-0.25, -0.2) is 0 Å². The molecule has 1 amide bonds. The Kier molecular flexibility index (Phi) is 4.66. The molecule has 0 aromatic heterocycles. The number of carbonyl (C=O) groups excluding carboxylic acids is 1. The van der Waals surface area contributed by atoms with Crippen molar-refractivity contribution in [1.82, 2.24) is 10.6 Å². The van der Waals surface area contributed by atoms with E-state index in [0.717, 1.165) is 42.0 Å². The van der Waals surface area contributed by atoms with Crippen molar-refractivity contribution in [1.29, 1.82) is 0 Å². The van der Waals surface area contributed by atoms with Crippen molar-refractivity contribution < 1.29 is 4.79 Å². The zero-order chi connectivity index (χ0) is 13.0. The first-order chi connectivity index (χ1) is 8.70. The number of hydrogen-bond acceptors (Lipinski definition) is 3. The van der Waals surface area contributed by atoms with Crippen molar-refractivity contribution in [3.63, 3.8) is 0 Å². The molecule has 1 aliphatic rings. The molecule has 2 N–H and O–H groups in total. The van der Waals surface area contributed by atoms with Gasteiger partial charge >= 0.3 is 0 Å². The molecule has 0 saturated carbocycles. The second-order valence-electron chi connectivity index (χ2n) is 4.70. The van der Waals surface area contributed by atoms with Crippen molar-refractivity contribution in [2.45, 2.75) is 30.7 Å². The van der Waals surface area contributed by atoms with E-state index in [0.29, 0.717) is 0 Å². The van der Waals surface area contributed by atoms with Gasteiger partial charge in [0.1, 0.15) is 0 Å². The zero-order valence-electron chi connectivity index (χ0n) is 11.0. The lowest BCUT2D eigenvalue weighted by Crippen LogP contribution is -2.45. The molecule has 18 heavy (non-hydrogen) atoms. The third kappa shape index (κ3) is 3.27. The van der Waals surface area contributed by atoms with Crippen LogP contribution in [0.25, 0.3) is 0 Å². The van der Waals surface area contributed by atoms with Gasteiger partial charge in [-0.05, 0) is 50.3 Å². The summed E-state index contributed by atoms with van der Waals surface area (Å²) in [6.07, 6.45) is 4.23. The molecule has 0 bridgehead atoms. The van der Waals surface area contributed by atoms with Crippen molar-refractivity contribution in [2.24, 2.45) is 0 Å². The van der Waals surface area contributed by atoms with Gasteiger partial charge in [-0.2, -0.15) is 0 Å². The largest absolute Gasteiger partial charge is 0.348 e. The average Bonchev–Trinajstić information content (AvgIpc) is 2.40. The lowest BCUT2D eigenvalue weighted by atomic mass is 10.1. The van der Waals surface area contributed by atoms with Gasteiger partial charge in [-0.3, -0.25) is 4.79 Å². The molecule has 2 rings (SSSR count). The molecular formula is C14H20N2OS. The highest BCUT2D eigenvalue weighted by molar-refractivity contribution is 7.98. The van der Waals surface area contributed by atoms with E-state index in [1.807, 2.05) is 25.3 Å². The third-order valence-electron chi connectivity index (χ3n) is 3.32. The highest BCUT2D eigenvalue weighted by Gasteiger charge is 2.17. The summed E-state index contributed by atoms with van der Waals surface area (Å²) in [5.74, 6) is 0.0529. The second kappa shape index (κ2) is 6.25. The quantitative estimate of drug-likeness (QED) is 0.822. The maximum absolute atomic E-state index is 12.3. The van der Waals surface area contributed by atoms with Crippen molar-refractivity contribution in [3.8, 4) is 0 Å². The first kappa shape index (κ1) is 13.4. The molecule has 1 fully saturated rings. The summed E-state index contributed by atoms with van der Waals surface area (Å²) in [5, 5.41) is 6.43. The van der Waals surface area contributed by atoms with Crippen LogP contribution in [-0.2, 0) is 0 Å². The SMILES string of the molecule is CSc1ccc(C)c(C(=O)NC2CCCNC2)c1. The smallest absolute Gasteiger partial charge is 0.251 e. The van der Waals surface area contributed by atoms with E-state index >= 15 is 0 Å². The van der Waals surface area contributed by atoms with Gasteiger partial charge in [-0.1, -0.05) is 6.07 Å². The molecular weight excluding hydrogens is 244 g/mol. The van der Waals surface area contributed by atoms with Crippen LogP contribution in [0, 0.1) is 6.92 Å². The van der Waals surface area contributed by atoms with Gasteiger partial charge in [0.05, 0.1) is 0 Å². The minimum absolute atomic E-state index is 0.0529. The zero-order valence-corrected chi connectivity index (χ0v) is 11.8. The van der Waals surface area contributed by atoms with Gasteiger partial charge in [-0.15, -0.1) is 11.8 Å². The van der Waals surface area contributed by atoms with Gasteiger partial charge < -0.3 is 10.6 Å². The predicted molar refractivity (Wildman–Crippen MR) is 76.3 cm³/mol. The molecule has 0 radical (unpaired) electrons. The molecule has 0 aliphatic carbocycles.